The zero-order valence-corrected chi connectivity index (χ0v) is 36.7. The zero-order valence-electron chi connectivity index (χ0n) is 35.7. The normalized spacial score (nSPS) is 21.8. The molecule has 0 radical (unpaired) electrons. The molecular formula is C45H56N8O6Si. The van der Waals surface area contributed by atoms with Crippen LogP contribution in [0.5, 0.6) is 0 Å². The van der Waals surface area contributed by atoms with Crippen LogP contribution in [0.3, 0.4) is 0 Å². The molecule has 2 aromatic heterocycles. The summed E-state index contributed by atoms with van der Waals surface area (Å²) in [6.07, 6.45) is 4.22. The minimum Gasteiger partial charge on any atom is -0.453 e. The van der Waals surface area contributed by atoms with Crippen molar-refractivity contribution in [2.24, 2.45) is 17.8 Å². The largest absolute Gasteiger partial charge is 0.453 e. The van der Waals surface area contributed by atoms with E-state index in [-0.39, 0.29) is 41.8 Å². The highest BCUT2D eigenvalue weighted by Gasteiger charge is 2.51. The SMILES string of the molecule is COC(=O)NC(C(=O)N1C2CCC(C2)C1c1ncc(-c2ccc(-c3ccc4c(ccc5[nH]c([C@@H]6C[Si](C)(C)CN6C(=O)C(NC(=O)OC)C(C)C)nc54)c3)cc2)[nH]1)C(C)C. The summed E-state index contributed by atoms with van der Waals surface area (Å²) in [7, 11) is 0.836. The fourth-order valence-corrected chi connectivity index (χ4v) is 12.7. The van der Waals surface area contributed by atoms with E-state index in [1.165, 1.54) is 14.2 Å². The third-order valence-corrected chi connectivity index (χ3v) is 15.5. The van der Waals surface area contributed by atoms with E-state index in [9.17, 15) is 19.2 Å². The molecule has 4 N–H and O–H groups in total. The van der Waals surface area contributed by atoms with Crippen LogP contribution in [0.15, 0.2) is 60.8 Å². The van der Waals surface area contributed by atoms with Crippen molar-refractivity contribution >= 4 is 53.9 Å². The summed E-state index contributed by atoms with van der Waals surface area (Å²) in [6, 6.07) is 18.2. The number of benzene rings is 3. The van der Waals surface area contributed by atoms with Crippen LogP contribution >= 0.6 is 0 Å². The number of likely N-dealkylation sites (tertiary alicyclic amines) is 1. The van der Waals surface area contributed by atoms with E-state index in [4.69, 9.17) is 19.4 Å². The van der Waals surface area contributed by atoms with Gasteiger partial charge in [-0.2, -0.15) is 0 Å². The molecule has 3 aromatic carbocycles. The van der Waals surface area contributed by atoms with Crippen LogP contribution in [-0.2, 0) is 19.1 Å². The first-order valence-corrected chi connectivity index (χ1v) is 24.5. The van der Waals surface area contributed by atoms with Crippen molar-refractivity contribution in [3.8, 4) is 22.4 Å². The highest BCUT2D eigenvalue weighted by atomic mass is 28.3. The maximum atomic E-state index is 14.0. The second-order valence-electron chi connectivity index (χ2n) is 18.3. The van der Waals surface area contributed by atoms with Gasteiger partial charge in [0.15, 0.2) is 0 Å². The van der Waals surface area contributed by atoms with E-state index in [1.807, 2.05) is 43.7 Å². The van der Waals surface area contributed by atoms with Crippen molar-refractivity contribution in [3.05, 3.63) is 72.4 Å². The summed E-state index contributed by atoms with van der Waals surface area (Å²) >= 11 is 0. The van der Waals surface area contributed by atoms with Crippen molar-refractivity contribution in [1.29, 1.82) is 0 Å². The van der Waals surface area contributed by atoms with Gasteiger partial charge in [-0.25, -0.2) is 19.6 Å². The topological polar surface area (TPSA) is 175 Å². The maximum Gasteiger partial charge on any atom is 0.407 e. The Morgan fingerprint density at radius 3 is 2.12 bits per heavy atom. The third kappa shape index (κ3) is 7.63. The molecule has 2 aliphatic heterocycles. The number of piperidine rings is 1. The summed E-state index contributed by atoms with van der Waals surface area (Å²) in [6.45, 7) is 12.3. The van der Waals surface area contributed by atoms with Crippen molar-refractivity contribution in [1.82, 2.24) is 40.4 Å². The molecule has 2 bridgehead atoms. The van der Waals surface area contributed by atoms with Gasteiger partial charge in [-0.15, -0.1) is 0 Å². The van der Waals surface area contributed by atoms with Gasteiger partial charge < -0.3 is 39.9 Å². The number of hydrogen-bond donors (Lipinski definition) is 4. The number of ether oxygens (including phenoxy) is 2. The number of aromatic nitrogens is 4. The number of amides is 4. The molecular weight excluding hydrogens is 777 g/mol. The van der Waals surface area contributed by atoms with Gasteiger partial charge in [0.25, 0.3) is 0 Å². The lowest BCUT2D eigenvalue weighted by atomic mass is 9.95. The predicted octanol–water partition coefficient (Wildman–Crippen LogP) is 7.72. The Balaban J connectivity index is 1.01. The number of nitrogens with zero attached hydrogens (tertiary/aromatic N) is 4. The lowest BCUT2D eigenvalue weighted by Crippen LogP contribution is -2.54. The Bertz CT molecular complexity index is 2440. The number of methoxy groups -OCH3 is 2. The van der Waals surface area contributed by atoms with Gasteiger partial charge in [0, 0.05) is 17.6 Å². The molecule has 1 aliphatic carbocycles. The third-order valence-electron chi connectivity index (χ3n) is 12.8. The number of imidazole rings is 2. The zero-order chi connectivity index (χ0) is 42.6. The summed E-state index contributed by atoms with van der Waals surface area (Å²) in [4.78, 5) is 73.2. The molecule has 8 rings (SSSR count). The second-order valence-corrected chi connectivity index (χ2v) is 23.3. The summed E-state index contributed by atoms with van der Waals surface area (Å²) in [5, 5.41) is 7.60. The van der Waals surface area contributed by atoms with E-state index >= 15 is 0 Å². The van der Waals surface area contributed by atoms with Crippen LogP contribution < -0.4 is 10.6 Å². The molecule has 5 aromatic rings. The average molecular weight is 833 g/mol. The number of carbonyl (C=O) groups is 4. The molecule has 4 heterocycles. The van der Waals surface area contributed by atoms with Crippen LogP contribution in [0, 0.1) is 17.8 Å². The Kier molecular flexibility index (Phi) is 11.0. The minimum atomic E-state index is -1.78. The van der Waals surface area contributed by atoms with Crippen LogP contribution in [0.25, 0.3) is 44.2 Å². The number of carbonyl (C=O) groups excluding carboxylic acids is 4. The second kappa shape index (κ2) is 16.1. The number of rotatable bonds is 10. The number of hydrogen-bond acceptors (Lipinski definition) is 8. The molecule has 0 spiro atoms. The number of aromatic amines is 2. The fraction of sp³-hybridized carbons (Fsp3) is 0.467. The first kappa shape index (κ1) is 41.0. The van der Waals surface area contributed by atoms with Gasteiger partial charge in [0.2, 0.25) is 11.8 Å². The Morgan fingerprint density at radius 1 is 0.800 bits per heavy atom. The Hall–Kier alpha value is -5.70. The van der Waals surface area contributed by atoms with Crippen LogP contribution in [0.4, 0.5) is 9.59 Å². The van der Waals surface area contributed by atoms with Gasteiger partial charge in [-0.1, -0.05) is 83.3 Å². The Morgan fingerprint density at radius 2 is 1.45 bits per heavy atom. The molecule has 316 valence electrons. The minimum absolute atomic E-state index is 0.0946. The number of H-pyrrole nitrogens is 2. The van der Waals surface area contributed by atoms with Crippen molar-refractivity contribution in [2.45, 2.75) is 96.3 Å². The molecule has 6 atom stereocenters. The highest BCUT2D eigenvalue weighted by Crippen LogP contribution is 2.50. The number of fused-ring (bicyclic) bond motifs is 5. The summed E-state index contributed by atoms with van der Waals surface area (Å²) in [5.74, 6) is 1.42. The summed E-state index contributed by atoms with van der Waals surface area (Å²) < 4.78 is 9.66. The van der Waals surface area contributed by atoms with E-state index in [0.29, 0.717) is 12.1 Å². The van der Waals surface area contributed by atoms with E-state index in [1.54, 1.807) is 0 Å². The smallest absolute Gasteiger partial charge is 0.407 e. The Labute approximate surface area is 351 Å². The van der Waals surface area contributed by atoms with Gasteiger partial charge >= 0.3 is 12.2 Å². The van der Waals surface area contributed by atoms with E-state index < -0.39 is 32.3 Å². The van der Waals surface area contributed by atoms with Crippen LogP contribution in [0.1, 0.15) is 70.7 Å². The predicted molar refractivity (Wildman–Crippen MR) is 232 cm³/mol. The van der Waals surface area contributed by atoms with Crippen molar-refractivity contribution < 1.29 is 28.7 Å². The molecule has 1 saturated carbocycles. The first-order valence-electron chi connectivity index (χ1n) is 21.1. The average Bonchev–Trinajstić information content (AvgIpc) is 4.09. The van der Waals surface area contributed by atoms with Gasteiger partial charge in [-0.3, -0.25) is 9.59 Å². The lowest BCUT2D eigenvalue weighted by Gasteiger charge is -2.37. The molecule has 14 nitrogen and oxygen atoms in total. The highest BCUT2D eigenvalue weighted by molar-refractivity contribution is 6.78. The molecule has 2 saturated heterocycles. The molecule has 15 heteroatoms. The van der Waals surface area contributed by atoms with E-state index in [0.717, 1.165) is 81.1 Å². The lowest BCUT2D eigenvalue weighted by molar-refractivity contribution is -0.139. The number of alkyl carbamates (subject to hydrolysis) is 2. The summed E-state index contributed by atoms with van der Waals surface area (Å²) in [5.41, 5.74) is 5.78. The standard InChI is InChI=1S/C45H56N8O6Si/c1-24(2)36(50-44(56)58-5)42(54)52-23-60(7,8)22-35(52)40-47-33-18-15-29-19-28(14-17-32(29)38(33)49-40)26-9-11-27(12-10-26)34-21-46-41(48-34)39-30-13-16-31(20-30)53(39)43(55)37(25(3)4)51-45(57)59-6/h9-12,14-15,17-19,21,24-25,30-31,35-37,39H,13,16,20,22-23H2,1-8H3,(H,46,48)(H,47,49)(H,50,56)(H,51,57)/t30?,31?,35-,36?,37?,39?/m0/s1. The molecule has 3 fully saturated rings. The molecule has 5 unspecified atom stereocenters. The first-order chi connectivity index (χ1) is 28.7. The van der Waals surface area contributed by atoms with E-state index in [2.05, 4.69) is 88.3 Å². The molecule has 60 heavy (non-hydrogen) atoms. The van der Waals surface area contributed by atoms with Crippen molar-refractivity contribution in [3.63, 3.8) is 0 Å². The number of nitrogens with one attached hydrogen (secondary N) is 4. The van der Waals surface area contributed by atoms with Crippen molar-refractivity contribution in [2.75, 3.05) is 20.4 Å². The van der Waals surface area contributed by atoms with Crippen LogP contribution in [-0.4, -0.2) is 100 Å². The maximum absolute atomic E-state index is 14.0. The quantitative estimate of drug-likeness (QED) is 0.104. The van der Waals surface area contributed by atoms with Gasteiger partial charge in [-0.05, 0) is 77.3 Å². The monoisotopic (exact) mass is 832 g/mol. The van der Waals surface area contributed by atoms with Gasteiger partial charge in [0.1, 0.15) is 23.7 Å². The molecule has 4 amide bonds. The van der Waals surface area contributed by atoms with Crippen LogP contribution in [0.2, 0.25) is 19.1 Å². The molecule has 3 aliphatic rings. The fourth-order valence-electron chi connectivity index (χ4n) is 9.78. The van der Waals surface area contributed by atoms with Gasteiger partial charge in [0.05, 0.1) is 57.3 Å².